The van der Waals surface area contributed by atoms with Crippen molar-refractivity contribution < 1.29 is 4.79 Å². The number of carbonyl (C=O) groups is 1. The maximum Gasteiger partial charge on any atom is 0.234 e. The first-order valence-corrected chi connectivity index (χ1v) is 11.4. The van der Waals surface area contributed by atoms with Gasteiger partial charge in [-0.15, -0.1) is 21.5 Å². The van der Waals surface area contributed by atoms with E-state index in [-0.39, 0.29) is 11.7 Å². The van der Waals surface area contributed by atoms with Crippen molar-refractivity contribution in [2.75, 3.05) is 11.1 Å². The Labute approximate surface area is 178 Å². The molecule has 1 amide bonds. The topological polar surface area (TPSA) is 59.8 Å². The number of hydrogen-bond donors (Lipinski definition) is 1. The largest absolute Gasteiger partial charge is 0.325 e. The fourth-order valence-electron chi connectivity index (χ4n) is 2.70. The standard InChI is InChI=1S/C20H23ClN4OS2/c1-4-8-25-19(14-9-17(13(2)3)27-11-14)23-24-20(25)28-12-18(26)22-16-7-5-6-15(21)10-16/h5-7,9-11,13H,4,8,12H2,1-3H3,(H,22,26). The Hall–Kier alpha value is -1.83. The number of hydrogen-bond acceptors (Lipinski definition) is 5. The average molecular weight is 435 g/mol. The van der Waals surface area contributed by atoms with E-state index >= 15 is 0 Å². The molecule has 0 bridgehead atoms. The van der Waals surface area contributed by atoms with Crippen LogP contribution in [0.15, 0.2) is 40.9 Å². The molecule has 8 heteroatoms. The zero-order chi connectivity index (χ0) is 20.1. The molecular weight excluding hydrogens is 412 g/mol. The maximum atomic E-state index is 12.3. The van der Waals surface area contributed by atoms with Gasteiger partial charge in [0.05, 0.1) is 5.75 Å². The predicted octanol–water partition coefficient (Wildman–Crippen LogP) is 5.92. The van der Waals surface area contributed by atoms with E-state index in [1.54, 1.807) is 23.5 Å². The second-order valence-corrected chi connectivity index (χ2v) is 9.02. The summed E-state index contributed by atoms with van der Waals surface area (Å²) < 4.78 is 2.10. The Kier molecular flexibility index (Phi) is 7.15. The van der Waals surface area contributed by atoms with Gasteiger partial charge in [-0.3, -0.25) is 4.79 Å². The van der Waals surface area contributed by atoms with Crippen LogP contribution in [-0.4, -0.2) is 26.4 Å². The number of aromatic nitrogens is 3. The summed E-state index contributed by atoms with van der Waals surface area (Å²) in [6.45, 7) is 7.31. The smallest absolute Gasteiger partial charge is 0.234 e. The van der Waals surface area contributed by atoms with Crippen LogP contribution >= 0.6 is 34.7 Å². The fraction of sp³-hybridized carbons (Fsp3) is 0.350. The highest BCUT2D eigenvalue weighted by atomic mass is 35.5. The van der Waals surface area contributed by atoms with Gasteiger partial charge in [0.2, 0.25) is 5.91 Å². The SMILES string of the molecule is CCCn1c(SCC(=O)Nc2cccc(Cl)c2)nnc1-c1csc(C(C)C)c1. The Morgan fingerprint density at radius 2 is 2.14 bits per heavy atom. The molecule has 0 unspecified atom stereocenters. The highest BCUT2D eigenvalue weighted by Gasteiger charge is 2.17. The zero-order valence-electron chi connectivity index (χ0n) is 16.1. The fourth-order valence-corrected chi connectivity index (χ4v) is 4.56. The second-order valence-electron chi connectivity index (χ2n) is 6.70. The van der Waals surface area contributed by atoms with Crippen LogP contribution in [0.2, 0.25) is 5.02 Å². The molecule has 1 aromatic carbocycles. The molecule has 0 saturated heterocycles. The lowest BCUT2D eigenvalue weighted by molar-refractivity contribution is -0.113. The molecule has 0 fully saturated rings. The van der Waals surface area contributed by atoms with Gasteiger partial charge in [0.25, 0.3) is 0 Å². The third kappa shape index (κ3) is 5.16. The lowest BCUT2D eigenvalue weighted by atomic mass is 10.1. The summed E-state index contributed by atoms with van der Waals surface area (Å²) in [4.78, 5) is 13.6. The summed E-state index contributed by atoms with van der Waals surface area (Å²) in [6.07, 6.45) is 0.967. The van der Waals surface area contributed by atoms with Crippen molar-refractivity contribution in [3.05, 3.63) is 45.6 Å². The highest BCUT2D eigenvalue weighted by molar-refractivity contribution is 7.99. The number of nitrogens with one attached hydrogen (secondary N) is 1. The van der Waals surface area contributed by atoms with Crippen molar-refractivity contribution in [3.63, 3.8) is 0 Å². The first-order valence-electron chi connectivity index (χ1n) is 9.18. The monoisotopic (exact) mass is 434 g/mol. The Balaban J connectivity index is 1.71. The van der Waals surface area contributed by atoms with Crippen LogP contribution < -0.4 is 5.32 Å². The highest BCUT2D eigenvalue weighted by Crippen LogP contribution is 2.31. The molecule has 0 aliphatic carbocycles. The van der Waals surface area contributed by atoms with Gasteiger partial charge in [0.1, 0.15) is 0 Å². The lowest BCUT2D eigenvalue weighted by Crippen LogP contribution is -2.14. The molecule has 3 rings (SSSR count). The van der Waals surface area contributed by atoms with Gasteiger partial charge in [-0.05, 0) is 36.6 Å². The van der Waals surface area contributed by atoms with Crippen LogP contribution in [-0.2, 0) is 11.3 Å². The molecule has 0 spiro atoms. The van der Waals surface area contributed by atoms with Crippen LogP contribution in [0.4, 0.5) is 5.69 Å². The number of rotatable bonds is 8. The van der Waals surface area contributed by atoms with E-state index < -0.39 is 0 Å². The molecule has 2 aromatic heterocycles. The van der Waals surface area contributed by atoms with E-state index in [2.05, 4.69) is 52.3 Å². The number of carbonyl (C=O) groups excluding carboxylic acids is 1. The molecule has 1 N–H and O–H groups in total. The first-order chi connectivity index (χ1) is 13.5. The summed E-state index contributed by atoms with van der Waals surface area (Å²) in [5.74, 6) is 1.51. The van der Waals surface area contributed by atoms with Crippen molar-refractivity contribution in [2.24, 2.45) is 0 Å². The minimum atomic E-state index is -0.0995. The summed E-state index contributed by atoms with van der Waals surface area (Å²) in [6, 6.07) is 9.31. The molecule has 3 aromatic rings. The molecule has 0 aliphatic heterocycles. The van der Waals surface area contributed by atoms with Gasteiger partial charge in [0.15, 0.2) is 11.0 Å². The molecule has 0 radical (unpaired) electrons. The Bertz CT molecular complexity index is 951. The van der Waals surface area contributed by atoms with Crippen molar-refractivity contribution in [1.29, 1.82) is 0 Å². The maximum absolute atomic E-state index is 12.3. The van der Waals surface area contributed by atoms with Gasteiger partial charge < -0.3 is 9.88 Å². The minimum absolute atomic E-state index is 0.0995. The van der Waals surface area contributed by atoms with Crippen LogP contribution in [0, 0.1) is 0 Å². The van der Waals surface area contributed by atoms with E-state index in [0.29, 0.717) is 16.6 Å². The third-order valence-corrected chi connectivity index (χ3v) is 6.49. The number of thiophene rings is 1. The number of anilines is 1. The Morgan fingerprint density at radius 1 is 1.32 bits per heavy atom. The molecule has 28 heavy (non-hydrogen) atoms. The number of thioether (sulfide) groups is 1. The molecule has 0 aliphatic rings. The van der Waals surface area contributed by atoms with Crippen molar-refractivity contribution in [2.45, 2.75) is 44.8 Å². The third-order valence-electron chi connectivity index (χ3n) is 4.05. The quantitative estimate of drug-likeness (QED) is 0.446. The lowest BCUT2D eigenvalue weighted by Gasteiger charge is -2.08. The van der Waals surface area contributed by atoms with Gasteiger partial charge in [-0.25, -0.2) is 0 Å². The van der Waals surface area contributed by atoms with Crippen molar-refractivity contribution in [3.8, 4) is 11.4 Å². The first kappa shape index (κ1) is 20.9. The molecule has 0 saturated carbocycles. The summed E-state index contributed by atoms with van der Waals surface area (Å²) in [5.41, 5.74) is 1.78. The van der Waals surface area contributed by atoms with Gasteiger partial charge in [-0.2, -0.15) is 0 Å². The van der Waals surface area contributed by atoms with Crippen LogP contribution in [0.5, 0.6) is 0 Å². The second kappa shape index (κ2) is 9.58. The average Bonchev–Trinajstić information content (AvgIpc) is 3.27. The molecule has 148 valence electrons. The van der Waals surface area contributed by atoms with Crippen molar-refractivity contribution >= 4 is 46.3 Å². The van der Waals surface area contributed by atoms with Crippen molar-refractivity contribution in [1.82, 2.24) is 14.8 Å². The number of halogens is 1. The van der Waals surface area contributed by atoms with E-state index in [1.807, 2.05) is 12.1 Å². The van der Waals surface area contributed by atoms with Crippen LogP contribution in [0.25, 0.3) is 11.4 Å². The van der Waals surface area contributed by atoms with Crippen LogP contribution in [0.3, 0.4) is 0 Å². The Morgan fingerprint density at radius 3 is 2.82 bits per heavy atom. The van der Waals surface area contributed by atoms with Gasteiger partial charge in [-0.1, -0.05) is 50.2 Å². The minimum Gasteiger partial charge on any atom is -0.325 e. The summed E-state index contributed by atoms with van der Waals surface area (Å²) in [5, 5.41) is 15.1. The van der Waals surface area contributed by atoms with E-state index in [1.165, 1.54) is 16.6 Å². The van der Waals surface area contributed by atoms with E-state index in [4.69, 9.17) is 11.6 Å². The number of nitrogens with zero attached hydrogens (tertiary/aromatic N) is 3. The predicted molar refractivity (Wildman–Crippen MR) is 119 cm³/mol. The molecular formula is C20H23ClN4OS2. The summed E-state index contributed by atoms with van der Waals surface area (Å²) in [7, 11) is 0. The number of benzene rings is 1. The molecule has 5 nitrogen and oxygen atoms in total. The molecule has 0 atom stereocenters. The molecule has 2 heterocycles. The van der Waals surface area contributed by atoms with Gasteiger partial charge in [0, 0.05) is 33.1 Å². The van der Waals surface area contributed by atoms with Crippen LogP contribution in [0.1, 0.15) is 38.0 Å². The number of amides is 1. The van der Waals surface area contributed by atoms with E-state index in [0.717, 1.165) is 29.5 Å². The van der Waals surface area contributed by atoms with E-state index in [9.17, 15) is 4.79 Å². The zero-order valence-corrected chi connectivity index (χ0v) is 18.5. The van der Waals surface area contributed by atoms with Gasteiger partial charge >= 0.3 is 0 Å². The normalized spacial score (nSPS) is 11.2. The summed E-state index contributed by atoms with van der Waals surface area (Å²) >= 11 is 9.10.